The number of nitrogen functional groups attached to an aromatic ring is 1. The highest BCUT2D eigenvalue weighted by Crippen LogP contribution is 2.24. The lowest BCUT2D eigenvalue weighted by Crippen LogP contribution is -2.53. The highest BCUT2D eigenvalue weighted by molar-refractivity contribution is 5.90. The highest BCUT2D eigenvalue weighted by Gasteiger charge is 2.31. The summed E-state index contributed by atoms with van der Waals surface area (Å²) in [5, 5.41) is 69.1. The summed E-state index contributed by atoms with van der Waals surface area (Å²) < 4.78 is 15.4. The number of urea groups is 5. The first-order chi connectivity index (χ1) is 56.8. The largest absolute Gasteiger partial charge is 0.481 e. The van der Waals surface area contributed by atoms with Crippen molar-refractivity contribution in [1.29, 1.82) is 5.26 Å². The van der Waals surface area contributed by atoms with Crippen LogP contribution in [0.4, 0.5) is 41.0 Å². The Morgan fingerprint density at radius 1 is 0.400 bits per heavy atom. The summed E-state index contributed by atoms with van der Waals surface area (Å²) in [6.45, 7) is 34.2. The molecule has 37 heteroatoms. The lowest BCUT2D eigenvalue weighted by Gasteiger charge is -2.32. The summed E-state index contributed by atoms with van der Waals surface area (Å²) in [6, 6.07) is 30.9. The van der Waals surface area contributed by atoms with Crippen LogP contribution in [0.5, 0.6) is 5.75 Å². The highest BCUT2D eigenvalue weighted by atomic mass is 16.6. The van der Waals surface area contributed by atoms with Crippen molar-refractivity contribution in [2.45, 2.75) is 249 Å². The van der Waals surface area contributed by atoms with Crippen LogP contribution in [0.15, 0.2) is 121 Å². The Labute approximate surface area is 705 Å². The Morgan fingerprint density at radius 3 is 1.02 bits per heavy atom. The molecule has 0 aromatic heterocycles. The number of esters is 2. The van der Waals surface area contributed by atoms with Crippen molar-refractivity contribution in [1.82, 2.24) is 42.5 Å². The van der Waals surface area contributed by atoms with Crippen LogP contribution in [0.25, 0.3) is 0 Å². The number of aliphatic carboxylic acids is 4. The van der Waals surface area contributed by atoms with E-state index in [9.17, 15) is 57.8 Å². The molecule has 18 N–H and O–H groups in total. The number of carboxylic acids is 4. The topological polar surface area (TPSA) is 595 Å². The van der Waals surface area contributed by atoms with E-state index in [-0.39, 0.29) is 93.1 Å². The summed E-state index contributed by atoms with van der Waals surface area (Å²) in [7, 11) is 0. The number of hydrogen-bond donors (Lipinski definition) is 16. The van der Waals surface area contributed by atoms with Gasteiger partial charge in [0.15, 0.2) is 0 Å². The number of hydrogen-bond acceptors (Lipinski definition) is 23. The maximum Gasteiger partial charge on any atom is 0.373 e. The van der Waals surface area contributed by atoms with Crippen molar-refractivity contribution >= 4 is 101 Å². The molecule has 0 saturated carbocycles. The fourth-order valence-electron chi connectivity index (χ4n) is 8.40. The van der Waals surface area contributed by atoms with Gasteiger partial charge < -0.3 is 99.3 Å². The summed E-state index contributed by atoms with van der Waals surface area (Å²) in [6.07, 6.45) is 7.70. The van der Waals surface area contributed by atoms with Crippen LogP contribution in [0.3, 0.4) is 0 Å². The summed E-state index contributed by atoms with van der Waals surface area (Å²) in [5.41, 5.74) is 11.2. The van der Waals surface area contributed by atoms with Gasteiger partial charge in [0, 0.05) is 68.5 Å². The number of anilines is 3. The molecule has 674 valence electrons. The number of amides is 10. The van der Waals surface area contributed by atoms with E-state index in [1.165, 1.54) is 0 Å². The minimum Gasteiger partial charge on any atom is -0.481 e. The van der Waals surface area contributed by atoms with Crippen LogP contribution in [0.1, 0.15) is 214 Å². The maximum absolute atomic E-state index is 13.0. The summed E-state index contributed by atoms with van der Waals surface area (Å²) in [5.74, 6) is -4.43. The molecule has 0 aliphatic heterocycles. The standard InChI is InChI=1S/C30H50N4O6.C18H26N4O6.C11H21N3O5.C7H5NO.C6H7N.4C2H6.3CO2/c1-28(2,3)23(18-19-24(35)39-29(4,5)6)34-27(38)33-22(25(36)40-30(7,8)9)17-13-14-20-31-26(37)32-21-15-11-10-12-16-21;23-15(24)10-6-12-20-18(28)22-14(16(25)26)9-4-5-11-19-17(27)21-13-7-2-1-3-8-13;12-6-2-1-4-8(10(17)18)14-11(19)13-7-3-5-9(15)16;8-6-9-7-4-2-1-3-5-7;7-6-4-2-1-3-5-6;4*1-2;3*2-1-3/h10-12,15-16,22-23H,13-14,17-20H2,1-9H3,(H2,31,32,37)(H2,33,34,38);1-3,7-8,14H,4-6,9-12H2,(H,23,24)(H,25,26)(H2,19,21,27)(H2,20,22,28);8H,1-7,12H2,(H,15,16)(H,17,18)(H2,13,14,19);1-5H;1-5H,7H2;4*1-2H3;;;. The Kier molecular flexibility index (Phi) is 84.8. The predicted molar refractivity (Wildman–Crippen MR) is 451 cm³/mol. The molecule has 0 saturated heterocycles. The van der Waals surface area contributed by atoms with E-state index in [0.717, 1.165) is 5.69 Å². The minimum absolute atomic E-state index is 0.0425. The lowest BCUT2D eigenvalue weighted by molar-refractivity contribution is -0.193. The molecular formula is C83H133N13O24. The number of para-hydroxylation sites is 4. The molecule has 120 heavy (non-hydrogen) atoms. The van der Waals surface area contributed by atoms with Gasteiger partial charge in [0.2, 0.25) is 0 Å². The average molecular weight is 1700 g/mol. The Hall–Kier alpha value is -12.8. The molecule has 4 aromatic carbocycles. The van der Waals surface area contributed by atoms with Gasteiger partial charge in [0.05, 0.1) is 0 Å². The second kappa shape index (κ2) is 82.8. The van der Waals surface area contributed by atoms with Crippen molar-refractivity contribution < 1.29 is 116 Å². The molecule has 0 spiro atoms. The molecular weight excluding hydrogens is 1560 g/mol. The summed E-state index contributed by atoms with van der Waals surface area (Å²) in [4.78, 5) is 176. The van der Waals surface area contributed by atoms with Crippen LogP contribution in [0.2, 0.25) is 0 Å². The molecule has 4 atom stereocenters. The van der Waals surface area contributed by atoms with Crippen LogP contribution in [0, 0.1) is 16.9 Å². The Morgan fingerprint density at radius 2 is 0.717 bits per heavy atom. The molecule has 4 aromatic rings. The number of nitrogens with one attached hydrogen (secondary N) is 10. The van der Waals surface area contributed by atoms with Gasteiger partial charge in [-0.25, -0.2) is 38.4 Å². The van der Waals surface area contributed by atoms with Gasteiger partial charge in [-0.2, -0.15) is 28.8 Å². The van der Waals surface area contributed by atoms with Gasteiger partial charge in [-0.05, 0) is 179 Å². The van der Waals surface area contributed by atoms with Crippen molar-refractivity contribution in [3.05, 3.63) is 121 Å². The number of nitriles is 1. The Bertz CT molecular complexity index is 3460. The van der Waals surface area contributed by atoms with Crippen LogP contribution >= 0.6 is 0 Å². The first kappa shape index (κ1) is 123. The van der Waals surface area contributed by atoms with Gasteiger partial charge in [-0.1, -0.05) is 149 Å². The Balaban J connectivity index is -0.000000226. The normalized spacial score (nSPS) is 10.4. The van der Waals surface area contributed by atoms with Gasteiger partial charge in [0.1, 0.15) is 35.1 Å². The summed E-state index contributed by atoms with van der Waals surface area (Å²) >= 11 is 0. The molecule has 0 radical (unpaired) electrons. The zero-order valence-electron chi connectivity index (χ0n) is 72.6. The number of carbonyl (C=O) groups is 11. The van der Waals surface area contributed by atoms with Crippen LogP contribution in [-0.4, -0.2) is 173 Å². The predicted octanol–water partition coefficient (Wildman–Crippen LogP) is 12.0. The number of unbranched alkanes of at least 4 members (excludes halogenated alkanes) is 3. The monoisotopic (exact) mass is 1700 g/mol. The number of ether oxygens (including phenoxy) is 3. The molecule has 4 rings (SSSR count). The SMILES string of the molecule is CC.CC.CC.CC.CC(C)(C)OC(=O)CCC(NC(=O)NC(CCCCNC(=O)Nc1ccccc1)C(=O)OC(C)(C)C)C(C)(C)C.N#COc1ccccc1.NCCCCC(NC(=O)NCCCC(=O)O)C(=O)O.Nc1ccccc1.O=C(O)CCCNC(=O)NC(CCCCNC(=O)Nc1ccccc1)C(=O)O.O=C=O.O=C=O.O=C=O. The van der Waals surface area contributed by atoms with Gasteiger partial charge in [-0.3, -0.25) is 14.4 Å². The van der Waals surface area contributed by atoms with Crippen molar-refractivity contribution in [2.24, 2.45) is 11.1 Å². The molecule has 10 amide bonds. The minimum atomic E-state index is -1.16. The van der Waals surface area contributed by atoms with Crippen LogP contribution < -0.4 is 69.4 Å². The molecule has 37 nitrogen and oxygen atoms in total. The zero-order valence-corrected chi connectivity index (χ0v) is 72.6. The lowest BCUT2D eigenvalue weighted by atomic mass is 9.84. The second-order valence-electron chi connectivity index (χ2n) is 26.3. The fourth-order valence-corrected chi connectivity index (χ4v) is 8.40. The second-order valence-corrected chi connectivity index (χ2v) is 26.3. The third-order valence-electron chi connectivity index (χ3n) is 13.4. The molecule has 0 aliphatic carbocycles. The third-order valence-corrected chi connectivity index (χ3v) is 13.4. The van der Waals surface area contributed by atoms with E-state index in [1.807, 2.05) is 170 Å². The van der Waals surface area contributed by atoms with Gasteiger partial charge in [0.25, 0.3) is 6.26 Å². The molecule has 0 bridgehead atoms. The fraction of sp³-hybridized carbons (Fsp3) is 0.530. The smallest absolute Gasteiger partial charge is 0.373 e. The average Bonchev–Trinajstić information content (AvgIpc) is 0.859. The van der Waals surface area contributed by atoms with E-state index in [1.54, 1.807) is 75.6 Å². The quantitative estimate of drug-likeness (QED) is 0.00880. The number of carboxylic acid groups (broad SMARTS) is 4. The van der Waals surface area contributed by atoms with Crippen molar-refractivity contribution in [3.8, 4) is 12.0 Å². The zero-order chi connectivity index (χ0) is 93.8. The number of nitrogens with zero attached hydrogens (tertiary/aromatic N) is 1. The van der Waals surface area contributed by atoms with Gasteiger partial charge >= 0.3 is 84.4 Å². The number of rotatable bonds is 35. The first-order valence-corrected chi connectivity index (χ1v) is 39.1. The maximum atomic E-state index is 13.0. The van der Waals surface area contributed by atoms with E-state index in [2.05, 4.69) is 57.9 Å². The molecule has 0 aliphatic rings. The number of benzene rings is 4. The van der Waals surface area contributed by atoms with E-state index < -0.39 is 77.3 Å². The molecule has 0 fully saturated rings. The third kappa shape index (κ3) is 87.6. The molecule has 4 unspecified atom stereocenters. The van der Waals surface area contributed by atoms with E-state index in [4.69, 9.17) is 70.3 Å². The number of carbonyl (C=O) groups excluding carboxylic acids is 13. The van der Waals surface area contributed by atoms with Crippen LogP contribution in [-0.2, 0) is 67.0 Å². The first-order valence-electron chi connectivity index (χ1n) is 39.1. The number of nitrogens with two attached hydrogens (primary N) is 2. The van der Waals surface area contributed by atoms with E-state index in [0.29, 0.717) is 101 Å². The van der Waals surface area contributed by atoms with Gasteiger partial charge in [-0.15, -0.1) is 5.26 Å². The molecule has 0 heterocycles. The van der Waals surface area contributed by atoms with Crippen molar-refractivity contribution in [3.63, 3.8) is 0 Å². The van der Waals surface area contributed by atoms with E-state index >= 15 is 0 Å². The van der Waals surface area contributed by atoms with Crippen molar-refractivity contribution in [2.75, 3.05) is 49.1 Å².